The third-order valence-electron chi connectivity index (χ3n) is 5.40. The van der Waals surface area contributed by atoms with Crippen molar-refractivity contribution in [3.05, 3.63) is 82.3 Å². The standard InChI is InChI=1S/C24H25N3O2/c1-14-5-8-19(26-16(3)10-23(28)17-6-7-17)12-20(14)21-11-18-13-25-15(2)9-22(18)27(4)24(21)29/h5,8-13,17,26,28H,3,6-7H2,1-2,4H3/b23-10-. The van der Waals surface area contributed by atoms with Crippen molar-refractivity contribution in [2.75, 3.05) is 5.32 Å². The van der Waals surface area contributed by atoms with Crippen LogP contribution in [-0.2, 0) is 7.05 Å². The van der Waals surface area contributed by atoms with Crippen LogP contribution in [0.15, 0.2) is 65.4 Å². The highest BCUT2D eigenvalue weighted by Gasteiger charge is 2.25. The number of allylic oxidation sites excluding steroid dienone is 2. The summed E-state index contributed by atoms with van der Waals surface area (Å²) < 4.78 is 1.67. The van der Waals surface area contributed by atoms with Crippen molar-refractivity contribution in [2.24, 2.45) is 13.0 Å². The van der Waals surface area contributed by atoms with Crippen molar-refractivity contribution >= 4 is 16.6 Å². The Labute approximate surface area is 170 Å². The number of pyridine rings is 2. The average molecular weight is 387 g/mol. The van der Waals surface area contributed by atoms with Gasteiger partial charge >= 0.3 is 0 Å². The molecule has 0 bridgehead atoms. The maximum atomic E-state index is 13.1. The van der Waals surface area contributed by atoms with Gasteiger partial charge in [0.2, 0.25) is 0 Å². The average Bonchev–Trinajstić information content (AvgIpc) is 3.52. The van der Waals surface area contributed by atoms with Crippen LogP contribution in [0, 0.1) is 19.8 Å². The topological polar surface area (TPSA) is 67.2 Å². The van der Waals surface area contributed by atoms with E-state index in [1.165, 1.54) is 0 Å². The molecule has 2 aromatic heterocycles. The molecule has 29 heavy (non-hydrogen) atoms. The number of aliphatic hydroxyl groups excluding tert-OH is 1. The number of nitrogens with zero attached hydrogens (tertiary/aromatic N) is 2. The zero-order valence-electron chi connectivity index (χ0n) is 17.0. The van der Waals surface area contributed by atoms with Gasteiger partial charge < -0.3 is 15.0 Å². The molecule has 2 heterocycles. The minimum atomic E-state index is -0.0477. The summed E-state index contributed by atoms with van der Waals surface area (Å²) in [5.74, 6) is 0.654. The quantitative estimate of drug-likeness (QED) is 0.478. The van der Waals surface area contributed by atoms with Crippen LogP contribution in [0.3, 0.4) is 0 Å². The summed E-state index contributed by atoms with van der Waals surface area (Å²) in [6.07, 6.45) is 5.55. The lowest BCUT2D eigenvalue weighted by atomic mass is 9.99. The minimum absolute atomic E-state index is 0.0477. The van der Waals surface area contributed by atoms with Crippen LogP contribution in [0.5, 0.6) is 0 Å². The second-order valence-electron chi connectivity index (χ2n) is 7.83. The molecule has 0 amide bonds. The molecule has 0 aliphatic heterocycles. The van der Waals surface area contributed by atoms with Crippen LogP contribution in [-0.4, -0.2) is 14.7 Å². The smallest absolute Gasteiger partial charge is 0.258 e. The summed E-state index contributed by atoms with van der Waals surface area (Å²) in [6.45, 7) is 7.89. The molecule has 4 rings (SSSR count). The molecule has 148 valence electrons. The molecule has 1 saturated carbocycles. The van der Waals surface area contributed by atoms with Crippen LogP contribution >= 0.6 is 0 Å². The molecule has 2 N–H and O–H groups in total. The summed E-state index contributed by atoms with van der Waals surface area (Å²) >= 11 is 0. The number of fused-ring (bicyclic) bond motifs is 1. The van der Waals surface area contributed by atoms with Crippen molar-refractivity contribution in [1.29, 1.82) is 0 Å². The number of aryl methyl sites for hydroxylation is 3. The molecular formula is C24H25N3O2. The fourth-order valence-corrected chi connectivity index (χ4v) is 3.54. The Morgan fingerprint density at radius 3 is 2.72 bits per heavy atom. The van der Waals surface area contributed by atoms with E-state index in [1.807, 2.05) is 44.2 Å². The lowest BCUT2D eigenvalue weighted by Crippen LogP contribution is -2.19. The first-order chi connectivity index (χ1) is 13.8. The van der Waals surface area contributed by atoms with Crippen LogP contribution in [0.25, 0.3) is 22.0 Å². The van der Waals surface area contributed by atoms with Gasteiger partial charge in [0.25, 0.3) is 5.56 Å². The van der Waals surface area contributed by atoms with E-state index < -0.39 is 0 Å². The SMILES string of the molecule is C=C(/C=C(\O)C1CC1)Nc1ccc(C)c(-c2cc3cnc(C)cc3n(C)c2=O)c1. The van der Waals surface area contributed by atoms with Gasteiger partial charge in [0.05, 0.1) is 11.3 Å². The monoisotopic (exact) mass is 387 g/mol. The number of nitrogens with one attached hydrogen (secondary N) is 1. The Bertz CT molecular complexity index is 1220. The van der Waals surface area contributed by atoms with E-state index in [0.717, 1.165) is 46.3 Å². The van der Waals surface area contributed by atoms with E-state index in [4.69, 9.17) is 0 Å². The lowest BCUT2D eigenvalue weighted by molar-refractivity contribution is 0.379. The number of anilines is 1. The van der Waals surface area contributed by atoms with Crippen LogP contribution < -0.4 is 10.9 Å². The summed E-state index contributed by atoms with van der Waals surface area (Å²) in [5, 5.41) is 14.2. The zero-order valence-corrected chi connectivity index (χ0v) is 17.0. The van der Waals surface area contributed by atoms with Gasteiger partial charge in [-0.05, 0) is 68.2 Å². The highest BCUT2D eigenvalue weighted by molar-refractivity contribution is 5.85. The molecule has 0 unspecified atom stereocenters. The molecule has 3 aromatic rings. The van der Waals surface area contributed by atoms with Crippen LogP contribution in [0.1, 0.15) is 24.1 Å². The first-order valence-corrected chi connectivity index (χ1v) is 9.77. The normalized spacial score (nSPS) is 14.2. The number of rotatable bonds is 5. The maximum absolute atomic E-state index is 13.1. The first-order valence-electron chi connectivity index (χ1n) is 9.77. The van der Waals surface area contributed by atoms with E-state index >= 15 is 0 Å². The maximum Gasteiger partial charge on any atom is 0.258 e. The van der Waals surface area contributed by atoms with Gasteiger partial charge in [0.15, 0.2) is 0 Å². The van der Waals surface area contributed by atoms with E-state index in [9.17, 15) is 9.90 Å². The van der Waals surface area contributed by atoms with Crippen molar-refractivity contribution in [3.63, 3.8) is 0 Å². The molecular weight excluding hydrogens is 362 g/mol. The Morgan fingerprint density at radius 1 is 1.24 bits per heavy atom. The summed E-state index contributed by atoms with van der Waals surface area (Å²) in [7, 11) is 1.79. The van der Waals surface area contributed by atoms with Gasteiger partial charge in [0, 0.05) is 47.2 Å². The highest BCUT2D eigenvalue weighted by Crippen LogP contribution is 2.35. The third kappa shape index (κ3) is 3.81. The molecule has 0 spiro atoms. The predicted molar refractivity (Wildman–Crippen MR) is 118 cm³/mol. The second kappa shape index (κ2) is 7.24. The Morgan fingerprint density at radius 2 is 2.00 bits per heavy atom. The van der Waals surface area contributed by atoms with Crippen molar-refractivity contribution in [1.82, 2.24) is 9.55 Å². The molecule has 0 radical (unpaired) electrons. The third-order valence-corrected chi connectivity index (χ3v) is 5.40. The summed E-state index contributed by atoms with van der Waals surface area (Å²) in [4.78, 5) is 17.4. The fraction of sp³-hybridized carbons (Fsp3) is 0.250. The fourth-order valence-electron chi connectivity index (χ4n) is 3.54. The summed E-state index contributed by atoms with van der Waals surface area (Å²) in [6, 6.07) is 9.71. The second-order valence-corrected chi connectivity index (χ2v) is 7.83. The van der Waals surface area contributed by atoms with Crippen molar-refractivity contribution in [2.45, 2.75) is 26.7 Å². The van der Waals surface area contributed by atoms with E-state index in [1.54, 1.807) is 23.9 Å². The highest BCUT2D eigenvalue weighted by atomic mass is 16.3. The molecule has 1 fully saturated rings. The largest absolute Gasteiger partial charge is 0.512 e. The van der Waals surface area contributed by atoms with E-state index in [2.05, 4.69) is 16.9 Å². The number of aromatic nitrogens is 2. The molecule has 1 aromatic carbocycles. The van der Waals surface area contributed by atoms with Crippen molar-refractivity contribution in [3.8, 4) is 11.1 Å². The predicted octanol–water partition coefficient (Wildman–Crippen LogP) is 4.99. The van der Waals surface area contributed by atoms with Gasteiger partial charge in [-0.25, -0.2) is 0 Å². The molecule has 0 saturated heterocycles. The molecule has 0 atom stereocenters. The lowest BCUT2D eigenvalue weighted by Gasteiger charge is -2.14. The zero-order chi connectivity index (χ0) is 20.7. The molecule has 5 heteroatoms. The minimum Gasteiger partial charge on any atom is -0.512 e. The van der Waals surface area contributed by atoms with E-state index in [-0.39, 0.29) is 11.5 Å². The van der Waals surface area contributed by atoms with Gasteiger partial charge in [0.1, 0.15) is 0 Å². The molecule has 1 aliphatic rings. The number of hydrogen-bond acceptors (Lipinski definition) is 4. The molecule has 5 nitrogen and oxygen atoms in total. The Kier molecular flexibility index (Phi) is 4.74. The van der Waals surface area contributed by atoms with Crippen LogP contribution in [0.2, 0.25) is 0 Å². The van der Waals surface area contributed by atoms with Gasteiger partial charge in [-0.2, -0.15) is 0 Å². The number of hydrogen-bond donors (Lipinski definition) is 2. The number of benzene rings is 1. The number of aliphatic hydroxyl groups is 1. The Balaban J connectivity index is 1.73. The first kappa shape index (κ1) is 19.0. The van der Waals surface area contributed by atoms with Crippen molar-refractivity contribution < 1.29 is 5.11 Å². The van der Waals surface area contributed by atoms with Crippen LogP contribution in [0.4, 0.5) is 5.69 Å². The van der Waals surface area contributed by atoms with Gasteiger partial charge in [-0.15, -0.1) is 0 Å². The van der Waals surface area contributed by atoms with E-state index in [0.29, 0.717) is 17.0 Å². The molecule has 1 aliphatic carbocycles. The van der Waals surface area contributed by atoms with Gasteiger partial charge in [-0.3, -0.25) is 9.78 Å². The van der Waals surface area contributed by atoms with Gasteiger partial charge in [-0.1, -0.05) is 12.6 Å². The Hall–Kier alpha value is -3.34. The summed E-state index contributed by atoms with van der Waals surface area (Å²) in [5.41, 5.74) is 5.64.